The molecule has 0 saturated heterocycles. The van der Waals surface area contributed by atoms with E-state index in [9.17, 15) is 9.59 Å². The van der Waals surface area contributed by atoms with Crippen molar-refractivity contribution in [2.75, 3.05) is 0 Å². The van der Waals surface area contributed by atoms with Crippen LogP contribution in [0.2, 0.25) is 0 Å². The highest BCUT2D eigenvalue weighted by molar-refractivity contribution is 8.04. The molecule has 1 aliphatic heterocycles. The molecule has 0 amide bonds. The standard InChI is InChI=1S/C8H12N2O2S/c1-5-4-13-8(9,10-5)7(12)3-6(2)11/h4,10H,3,9H2,1-2H3. The van der Waals surface area contributed by atoms with E-state index in [4.69, 9.17) is 5.73 Å². The maximum atomic E-state index is 11.5. The molecule has 0 radical (unpaired) electrons. The number of thioether (sulfide) groups is 1. The number of hydrogen-bond donors (Lipinski definition) is 2. The zero-order chi connectivity index (χ0) is 10.1. The van der Waals surface area contributed by atoms with E-state index in [-0.39, 0.29) is 18.0 Å². The average Bonchev–Trinajstić information content (AvgIpc) is 2.31. The predicted molar refractivity (Wildman–Crippen MR) is 51.7 cm³/mol. The molecule has 4 nitrogen and oxygen atoms in total. The predicted octanol–water partition coefficient (Wildman–Crippen LogP) is 0.345. The summed E-state index contributed by atoms with van der Waals surface area (Å²) in [6, 6.07) is 0. The zero-order valence-corrected chi connectivity index (χ0v) is 8.40. The lowest BCUT2D eigenvalue weighted by molar-refractivity contribution is -0.127. The molecule has 3 N–H and O–H groups in total. The maximum Gasteiger partial charge on any atom is 0.199 e. The highest BCUT2D eigenvalue weighted by atomic mass is 32.2. The number of Topliss-reactive ketones (excluding diaryl/α,β-unsaturated/α-hetero) is 2. The molecular weight excluding hydrogens is 188 g/mol. The third-order valence-electron chi connectivity index (χ3n) is 1.63. The van der Waals surface area contributed by atoms with Gasteiger partial charge in [0.1, 0.15) is 5.78 Å². The first-order chi connectivity index (χ1) is 5.94. The molecule has 5 heteroatoms. The van der Waals surface area contributed by atoms with Crippen LogP contribution in [0.5, 0.6) is 0 Å². The molecule has 72 valence electrons. The van der Waals surface area contributed by atoms with Gasteiger partial charge in [-0.2, -0.15) is 0 Å². The molecule has 0 aliphatic carbocycles. The lowest BCUT2D eigenvalue weighted by Gasteiger charge is -2.22. The van der Waals surface area contributed by atoms with Crippen LogP contribution in [0.1, 0.15) is 20.3 Å². The van der Waals surface area contributed by atoms with Crippen LogP contribution < -0.4 is 11.1 Å². The Balaban J connectivity index is 2.62. The molecule has 13 heavy (non-hydrogen) atoms. The fraction of sp³-hybridized carbons (Fsp3) is 0.500. The van der Waals surface area contributed by atoms with Gasteiger partial charge in [-0.05, 0) is 19.3 Å². The molecule has 0 saturated carbocycles. The van der Waals surface area contributed by atoms with Crippen molar-refractivity contribution in [1.82, 2.24) is 5.32 Å². The summed E-state index contributed by atoms with van der Waals surface area (Å²) in [4.78, 5) is 21.0. The van der Waals surface area contributed by atoms with Crippen LogP contribution in [-0.2, 0) is 9.59 Å². The fourth-order valence-corrected chi connectivity index (χ4v) is 1.87. The van der Waals surface area contributed by atoms with Crippen molar-refractivity contribution in [3.63, 3.8) is 0 Å². The van der Waals surface area contributed by atoms with Gasteiger partial charge in [-0.1, -0.05) is 11.8 Å². The van der Waals surface area contributed by atoms with Crippen molar-refractivity contribution < 1.29 is 9.59 Å². The van der Waals surface area contributed by atoms with E-state index in [1.807, 2.05) is 6.92 Å². The molecule has 0 aromatic heterocycles. The number of carbonyl (C=O) groups is 2. The van der Waals surface area contributed by atoms with Crippen LogP contribution in [0.25, 0.3) is 0 Å². The summed E-state index contributed by atoms with van der Waals surface area (Å²) in [7, 11) is 0. The largest absolute Gasteiger partial charge is 0.356 e. The van der Waals surface area contributed by atoms with E-state index < -0.39 is 4.99 Å². The van der Waals surface area contributed by atoms with Crippen LogP contribution in [-0.4, -0.2) is 16.6 Å². The van der Waals surface area contributed by atoms with Crippen molar-refractivity contribution in [2.24, 2.45) is 5.73 Å². The van der Waals surface area contributed by atoms with Crippen molar-refractivity contribution in [2.45, 2.75) is 25.3 Å². The monoisotopic (exact) mass is 200 g/mol. The Labute approximate surface area is 80.9 Å². The van der Waals surface area contributed by atoms with Gasteiger partial charge in [-0.3, -0.25) is 15.3 Å². The average molecular weight is 200 g/mol. The minimum atomic E-state index is -1.13. The number of allylic oxidation sites excluding steroid dienone is 1. The molecule has 0 bridgehead atoms. The fourth-order valence-electron chi connectivity index (χ4n) is 1.03. The van der Waals surface area contributed by atoms with Crippen LogP contribution in [0.3, 0.4) is 0 Å². The van der Waals surface area contributed by atoms with Crippen molar-refractivity contribution in [3.8, 4) is 0 Å². The van der Waals surface area contributed by atoms with Gasteiger partial charge in [0.2, 0.25) is 0 Å². The molecule has 1 unspecified atom stereocenters. The van der Waals surface area contributed by atoms with E-state index in [1.54, 1.807) is 5.41 Å². The summed E-state index contributed by atoms with van der Waals surface area (Å²) in [6.45, 7) is 3.20. The second-order valence-electron chi connectivity index (χ2n) is 3.08. The minimum absolute atomic E-state index is 0.113. The smallest absolute Gasteiger partial charge is 0.199 e. The molecule has 0 aromatic carbocycles. The number of carbonyl (C=O) groups excluding carboxylic acids is 2. The maximum absolute atomic E-state index is 11.5. The van der Waals surface area contributed by atoms with Gasteiger partial charge in [-0.15, -0.1) is 0 Å². The van der Waals surface area contributed by atoms with Gasteiger partial charge in [0.15, 0.2) is 10.8 Å². The van der Waals surface area contributed by atoms with Gasteiger partial charge in [-0.25, -0.2) is 0 Å². The van der Waals surface area contributed by atoms with Gasteiger partial charge < -0.3 is 5.32 Å². The van der Waals surface area contributed by atoms with E-state index in [1.165, 1.54) is 18.7 Å². The van der Waals surface area contributed by atoms with Gasteiger partial charge in [0.25, 0.3) is 0 Å². The first-order valence-electron chi connectivity index (χ1n) is 3.88. The van der Waals surface area contributed by atoms with Crippen LogP contribution in [0.4, 0.5) is 0 Å². The van der Waals surface area contributed by atoms with E-state index in [2.05, 4.69) is 5.32 Å². The van der Waals surface area contributed by atoms with Gasteiger partial charge >= 0.3 is 0 Å². The molecule has 0 aromatic rings. The van der Waals surface area contributed by atoms with E-state index in [0.29, 0.717) is 0 Å². The highest BCUT2D eigenvalue weighted by Crippen LogP contribution is 2.28. The molecule has 1 heterocycles. The van der Waals surface area contributed by atoms with E-state index >= 15 is 0 Å². The quantitative estimate of drug-likeness (QED) is 0.643. The normalized spacial score (nSPS) is 26.5. The van der Waals surface area contributed by atoms with Gasteiger partial charge in [0.05, 0.1) is 6.42 Å². The third kappa shape index (κ3) is 2.32. The third-order valence-corrected chi connectivity index (χ3v) is 2.80. The van der Waals surface area contributed by atoms with Crippen LogP contribution in [0, 0.1) is 0 Å². The lowest BCUT2D eigenvalue weighted by atomic mass is 10.2. The molecule has 1 aliphatic rings. The molecule has 0 fully saturated rings. The number of hydrogen-bond acceptors (Lipinski definition) is 5. The Bertz CT molecular complexity index is 288. The summed E-state index contributed by atoms with van der Waals surface area (Å²) in [5.74, 6) is -0.445. The number of rotatable bonds is 3. The SMILES string of the molecule is CC(=O)CC(=O)C1(N)NC(C)=CS1. The van der Waals surface area contributed by atoms with Crippen molar-refractivity contribution in [1.29, 1.82) is 0 Å². The van der Waals surface area contributed by atoms with Crippen molar-refractivity contribution >= 4 is 23.3 Å². The minimum Gasteiger partial charge on any atom is -0.356 e. The lowest BCUT2D eigenvalue weighted by Crippen LogP contribution is -2.54. The van der Waals surface area contributed by atoms with Crippen molar-refractivity contribution in [3.05, 3.63) is 11.1 Å². The highest BCUT2D eigenvalue weighted by Gasteiger charge is 2.37. The first kappa shape index (κ1) is 10.3. The van der Waals surface area contributed by atoms with Gasteiger partial charge in [0, 0.05) is 5.70 Å². The topological polar surface area (TPSA) is 72.2 Å². The van der Waals surface area contributed by atoms with Crippen LogP contribution in [0.15, 0.2) is 11.1 Å². The summed E-state index contributed by atoms with van der Waals surface area (Å²) >= 11 is 1.21. The molecule has 1 rings (SSSR count). The number of nitrogens with two attached hydrogens (primary N) is 1. The Morgan fingerprint density at radius 3 is 2.69 bits per heavy atom. The molecular formula is C8H12N2O2S. The second-order valence-corrected chi connectivity index (χ2v) is 4.20. The second kappa shape index (κ2) is 3.51. The molecule has 1 atom stereocenters. The number of ketones is 2. The Morgan fingerprint density at radius 2 is 2.31 bits per heavy atom. The summed E-state index contributed by atoms with van der Waals surface area (Å²) in [6.07, 6.45) is -0.113. The van der Waals surface area contributed by atoms with E-state index in [0.717, 1.165) is 5.70 Å². The summed E-state index contributed by atoms with van der Waals surface area (Å²) in [5, 5.41) is 4.61. The first-order valence-corrected chi connectivity index (χ1v) is 4.76. The number of nitrogens with one attached hydrogen (secondary N) is 1. The van der Waals surface area contributed by atoms with Crippen LogP contribution >= 0.6 is 11.8 Å². The summed E-state index contributed by atoms with van der Waals surface area (Å²) in [5.41, 5.74) is 6.59. The summed E-state index contributed by atoms with van der Waals surface area (Å²) < 4.78 is 0. The Hall–Kier alpha value is -0.810. The molecule has 0 spiro atoms. The Kier molecular flexibility index (Phi) is 2.77. The zero-order valence-electron chi connectivity index (χ0n) is 7.59. The Morgan fingerprint density at radius 1 is 1.69 bits per heavy atom.